The first-order valence-electron chi connectivity index (χ1n) is 9.91. The molecule has 0 aliphatic carbocycles. The van der Waals surface area contributed by atoms with Crippen molar-refractivity contribution in [3.8, 4) is 16.9 Å². The molecule has 3 aromatic carbocycles. The van der Waals surface area contributed by atoms with E-state index in [2.05, 4.69) is 10.4 Å². The zero-order valence-electron chi connectivity index (χ0n) is 17.6. The molecule has 0 atom stereocenters. The van der Waals surface area contributed by atoms with Crippen molar-refractivity contribution in [3.05, 3.63) is 96.7 Å². The average Bonchev–Trinajstić information content (AvgIpc) is 3.26. The van der Waals surface area contributed by atoms with Crippen LogP contribution in [-0.2, 0) is 10.0 Å². The van der Waals surface area contributed by atoms with Gasteiger partial charge < -0.3 is 5.32 Å². The molecular formula is C24H22N4O3S. The lowest BCUT2D eigenvalue weighted by atomic mass is 10.1. The average molecular weight is 447 g/mol. The van der Waals surface area contributed by atoms with Crippen molar-refractivity contribution in [2.45, 2.75) is 4.90 Å². The Bertz CT molecular complexity index is 1350. The lowest BCUT2D eigenvalue weighted by Crippen LogP contribution is -2.22. The highest BCUT2D eigenvalue weighted by molar-refractivity contribution is 7.89. The minimum absolute atomic E-state index is 0.0989. The van der Waals surface area contributed by atoms with Crippen molar-refractivity contribution in [1.82, 2.24) is 14.1 Å². The Morgan fingerprint density at radius 1 is 0.875 bits per heavy atom. The van der Waals surface area contributed by atoms with Gasteiger partial charge in [-0.1, -0.05) is 54.6 Å². The van der Waals surface area contributed by atoms with Gasteiger partial charge in [-0.25, -0.2) is 17.4 Å². The van der Waals surface area contributed by atoms with Crippen LogP contribution in [0.4, 0.5) is 5.69 Å². The lowest BCUT2D eigenvalue weighted by molar-refractivity contribution is 0.101. The van der Waals surface area contributed by atoms with Gasteiger partial charge in [-0.05, 0) is 36.4 Å². The molecule has 1 amide bonds. The van der Waals surface area contributed by atoms with E-state index < -0.39 is 15.9 Å². The Labute approximate surface area is 187 Å². The molecule has 0 unspecified atom stereocenters. The van der Waals surface area contributed by atoms with Crippen LogP contribution >= 0.6 is 0 Å². The number of amides is 1. The smallest absolute Gasteiger partial charge is 0.274 e. The molecule has 0 spiro atoms. The van der Waals surface area contributed by atoms with Crippen LogP contribution in [0.3, 0.4) is 0 Å². The number of rotatable bonds is 6. The van der Waals surface area contributed by atoms with Crippen molar-refractivity contribution in [1.29, 1.82) is 0 Å². The summed E-state index contributed by atoms with van der Waals surface area (Å²) < 4.78 is 27.6. The molecule has 162 valence electrons. The van der Waals surface area contributed by atoms with Crippen molar-refractivity contribution >= 4 is 21.6 Å². The van der Waals surface area contributed by atoms with Crippen LogP contribution in [0.15, 0.2) is 95.9 Å². The molecule has 1 N–H and O–H groups in total. The predicted octanol–water partition coefficient (Wildman–Crippen LogP) is 4.04. The summed E-state index contributed by atoms with van der Waals surface area (Å²) in [6, 6.07) is 26.8. The molecule has 0 bridgehead atoms. The van der Waals surface area contributed by atoms with Gasteiger partial charge in [-0.2, -0.15) is 5.10 Å². The van der Waals surface area contributed by atoms with Crippen LogP contribution in [0, 0.1) is 0 Å². The Kier molecular flexibility index (Phi) is 5.89. The van der Waals surface area contributed by atoms with E-state index in [1.165, 1.54) is 26.2 Å². The lowest BCUT2D eigenvalue weighted by Gasteiger charge is -2.13. The Balaban J connectivity index is 1.72. The fourth-order valence-corrected chi connectivity index (χ4v) is 4.15. The van der Waals surface area contributed by atoms with Gasteiger partial charge in [0.05, 0.1) is 16.3 Å². The maximum absolute atomic E-state index is 13.2. The quantitative estimate of drug-likeness (QED) is 0.484. The van der Waals surface area contributed by atoms with Crippen LogP contribution in [0.1, 0.15) is 10.5 Å². The molecule has 0 aliphatic heterocycles. The third-order valence-electron chi connectivity index (χ3n) is 4.88. The standard InChI is InChI=1S/C24H22N4O3S/c1-27(2)32(30,31)21-15-9-12-19(16-21)25-24(29)23-17-22(18-10-5-3-6-11-18)26-28(23)20-13-7-4-8-14-20/h3-17H,1-2H3,(H,25,29). The van der Waals surface area contributed by atoms with Gasteiger partial charge >= 0.3 is 0 Å². The van der Waals surface area contributed by atoms with Crippen LogP contribution in [-0.4, -0.2) is 42.5 Å². The second-order valence-corrected chi connectivity index (χ2v) is 9.45. The highest BCUT2D eigenvalue weighted by atomic mass is 32.2. The van der Waals surface area contributed by atoms with Crippen molar-refractivity contribution in [2.24, 2.45) is 0 Å². The third kappa shape index (κ3) is 4.32. The zero-order chi connectivity index (χ0) is 22.7. The van der Waals surface area contributed by atoms with E-state index >= 15 is 0 Å². The van der Waals surface area contributed by atoms with Gasteiger partial charge in [-0.3, -0.25) is 4.79 Å². The number of sulfonamides is 1. The van der Waals surface area contributed by atoms with Gasteiger partial charge in [0, 0.05) is 25.3 Å². The van der Waals surface area contributed by atoms with E-state index in [-0.39, 0.29) is 4.90 Å². The van der Waals surface area contributed by atoms with E-state index in [1.807, 2.05) is 60.7 Å². The molecule has 0 radical (unpaired) electrons. The van der Waals surface area contributed by atoms with E-state index in [1.54, 1.807) is 22.9 Å². The number of hydrogen-bond donors (Lipinski definition) is 1. The van der Waals surface area contributed by atoms with Gasteiger partial charge in [0.25, 0.3) is 5.91 Å². The highest BCUT2D eigenvalue weighted by Gasteiger charge is 2.20. The molecular weight excluding hydrogens is 424 g/mol. The summed E-state index contributed by atoms with van der Waals surface area (Å²) in [4.78, 5) is 13.3. The first-order valence-corrected chi connectivity index (χ1v) is 11.3. The fourth-order valence-electron chi connectivity index (χ4n) is 3.20. The van der Waals surface area contributed by atoms with E-state index in [0.29, 0.717) is 17.1 Å². The number of nitrogens with one attached hydrogen (secondary N) is 1. The fraction of sp³-hybridized carbons (Fsp3) is 0.0833. The summed E-state index contributed by atoms with van der Waals surface area (Å²) in [7, 11) is -0.694. The molecule has 1 heterocycles. The van der Waals surface area contributed by atoms with Gasteiger partial charge in [-0.15, -0.1) is 0 Å². The molecule has 0 saturated heterocycles. The summed E-state index contributed by atoms with van der Waals surface area (Å²) in [6.45, 7) is 0. The summed E-state index contributed by atoms with van der Waals surface area (Å²) in [5.74, 6) is -0.400. The topological polar surface area (TPSA) is 84.3 Å². The number of benzene rings is 3. The highest BCUT2D eigenvalue weighted by Crippen LogP contribution is 2.23. The molecule has 7 nitrogen and oxygen atoms in total. The maximum Gasteiger partial charge on any atom is 0.274 e. The number of aromatic nitrogens is 2. The minimum Gasteiger partial charge on any atom is -0.321 e. The van der Waals surface area contributed by atoms with Gasteiger partial charge in [0.2, 0.25) is 10.0 Å². The van der Waals surface area contributed by atoms with E-state index in [0.717, 1.165) is 15.6 Å². The third-order valence-corrected chi connectivity index (χ3v) is 6.69. The van der Waals surface area contributed by atoms with Crippen LogP contribution < -0.4 is 5.32 Å². The maximum atomic E-state index is 13.2. The van der Waals surface area contributed by atoms with Crippen molar-refractivity contribution < 1.29 is 13.2 Å². The number of carbonyl (C=O) groups is 1. The molecule has 1 aromatic heterocycles. The second kappa shape index (κ2) is 8.78. The Morgan fingerprint density at radius 3 is 2.19 bits per heavy atom. The van der Waals surface area contributed by atoms with E-state index in [9.17, 15) is 13.2 Å². The summed E-state index contributed by atoms with van der Waals surface area (Å²) in [5.41, 5.74) is 2.98. The number of para-hydroxylation sites is 1. The number of anilines is 1. The first kappa shape index (κ1) is 21.5. The first-order chi connectivity index (χ1) is 15.4. The van der Waals surface area contributed by atoms with Crippen LogP contribution in [0.2, 0.25) is 0 Å². The normalized spacial score (nSPS) is 11.5. The monoisotopic (exact) mass is 446 g/mol. The predicted molar refractivity (Wildman–Crippen MR) is 124 cm³/mol. The molecule has 4 rings (SSSR count). The van der Waals surface area contributed by atoms with Crippen LogP contribution in [0.25, 0.3) is 16.9 Å². The van der Waals surface area contributed by atoms with Crippen molar-refractivity contribution in [3.63, 3.8) is 0 Å². The minimum atomic E-state index is -3.62. The second-order valence-electron chi connectivity index (χ2n) is 7.30. The molecule has 0 fully saturated rings. The van der Waals surface area contributed by atoms with Gasteiger partial charge in [0.15, 0.2) is 0 Å². The molecule has 0 aliphatic rings. The SMILES string of the molecule is CN(C)S(=O)(=O)c1cccc(NC(=O)c2cc(-c3ccccc3)nn2-c2ccccc2)c1. The Hall–Kier alpha value is -3.75. The van der Waals surface area contributed by atoms with E-state index in [4.69, 9.17) is 0 Å². The largest absolute Gasteiger partial charge is 0.321 e. The zero-order valence-corrected chi connectivity index (χ0v) is 18.5. The Morgan fingerprint density at radius 2 is 1.53 bits per heavy atom. The number of carbonyl (C=O) groups excluding carboxylic acids is 1. The summed E-state index contributed by atoms with van der Waals surface area (Å²) in [5, 5.41) is 7.45. The molecule has 4 aromatic rings. The number of nitrogens with zero attached hydrogens (tertiary/aromatic N) is 3. The molecule has 32 heavy (non-hydrogen) atoms. The summed E-state index contributed by atoms with van der Waals surface area (Å²) in [6.07, 6.45) is 0. The molecule has 0 saturated carbocycles. The summed E-state index contributed by atoms with van der Waals surface area (Å²) >= 11 is 0. The van der Waals surface area contributed by atoms with Gasteiger partial charge in [0.1, 0.15) is 5.69 Å². The molecule has 8 heteroatoms. The van der Waals surface area contributed by atoms with Crippen LogP contribution in [0.5, 0.6) is 0 Å². The number of hydrogen-bond acceptors (Lipinski definition) is 4. The van der Waals surface area contributed by atoms with Crippen molar-refractivity contribution in [2.75, 3.05) is 19.4 Å².